The lowest BCUT2D eigenvalue weighted by Crippen LogP contribution is -2.59. The Hall–Kier alpha value is -2.37. The van der Waals surface area contributed by atoms with Crippen LogP contribution in [0.25, 0.3) is 0 Å². The number of benzene rings is 1. The van der Waals surface area contributed by atoms with E-state index in [0.717, 1.165) is 77.0 Å². The van der Waals surface area contributed by atoms with E-state index in [1.54, 1.807) is 24.3 Å². The summed E-state index contributed by atoms with van der Waals surface area (Å²) >= 11 is 0. The van der Waals surface area contributed by atoms with Crippen LogP contribution in [-0.2, 0) is 9.59 Å². The van der Waals surface area contributed by atoms with Crippen LogP contribution in [0.15, 0.2) is 24.3 Å². The van der Waals surface area contributed by atoms with Crippen LogP contribution < -0.4 is 10.1 Å². The standard InChI is InChI=1S/C29H42N2O4/c1-21(32)35-26-20-12-11-19-25(26)29(34)31(24-17-9-4-10-18-24)27(22-13-5-2-6-14-22)28(33)30-23-15-7-3-8-16-23/h11-12,19-20,22-24,27H,2-10,13-18H2,1H3,(H,30,33). The zero-order valence-electron chi connectivity index (χ0n) is 21.3. The van der Waals surface area contributed by atoms with E-state index in [-0.39, 0.29) is 35.6 Å². The van der Waals surface area contributed by atoms with Crippen molar-refractivity contribution in [2.24, 2.45) is 5.92 Å². The van der Waals surface area contributed by atoms with Crippen molar-refractivity contribution in [1.82, 2.24) is 10.2 Å². The minimum absolute atomic E-state index is 0.0210. The van der Waals surface area contributed by atoms with Crippen LogP contribution in [0.1, 0.15) is 114 Å². The Bertz CT molecular complexity index is 867. The predicted octanol–water partition coefficient (Wildman–Crippen LogP) is 5.78. The quantitative estimate of drug-likeness (QED) is 0.395. The first-order valence-corrected chi connectivity index (χ1v) is 13.9. The van der Waals surface area contributed by atoms with Crippen LogP contribution in [0.4, 0.5) is 0 Å². The van der Waals surface area contributed by atoms with E-state index in [1.165, 1.54) is 26.2 Å². The molecule has 0 spiro atoms. The van der Waals surface area contributed by atoms with Gasteiger partial charge in [-0.1, -0.05) is 69.9 Å². The fourth-order valence-electron chi connectivity index (χ4n) is 6.46. The number of ether oxygens (including phenoxy) is 1. The van der Waals surface area contributed by atoms with Gasteiger partial charge in [0.05, 0.1) is 5.56 Å². The molecule has 6 heteroatoms. The molecule has 6 nitrogen and oxygen atoms in total. The van der Waals surface area contributed by atoms with Crippen LogP contribution in [0, 0.1) is 5.92 Å². The van der Waals surface area contributed by atoms with Crippen molar-refractivity contribution in [3.63, 3.8) is 0 Å². The number of nitrogens with one attached hydrogen (secondary N) is 1. The van der Waals surface area contributed by atoms with Crippen LogP contribution >= 0.6 is 0 Å². The third-order valence-electron chi connectivity index (χ3n) is 8.19. The van der Waals surface area contributed by atoms with Gasteiger partial charge in [0.1, 0.15) is 11.8 Å². The highest BCUT2D eigenvalue weighted by Gasteiger charge is 2.42. The molecule has 2 amide bonds. The molecule has 3 aliphatic carbocycles. The summed E-state index contributed by atoms with van der Waals surface area (Å²) in [6.45, 7) is 1.35. The molecule has 3 aliphatic rings. The first-order chi connectivity index (χ1) is 17.0. The minimum atomic E-state index is -0.474. The third-order valence-corrected chi connectivity index (χ3v) is 8.19. The molecular weight excluding hydrogens is 440 g/mol. The Morgan fingerprint density at radius 3 is 2.03 bits per heavy atom. The molecule has 1 aromatic carbocycles. The van der Waals surface area contributed by atoms with E-state index in [9.17, 15) is 14.4 Å². The van der Waals surface area contributed by atoms with E-state index in [1.807, 2.05) is 4.90 Å². The number of carbonyl (C=O) groups is 3. The number of hydrogen-bond donors (Lipinski definition) is 1. The fraction of sp³-hybridized carbons (Fsp3) is 0.690. The lowest BCUT2D eigenvalue weighted by Gasteiger charge is -2.44. The Kier molecular flexibility index (Phi) is 9.22. The highest BCUT2D eigenvalue weighted by atomic mass is 16.5. The summed E-state index contributed by atoms with van der Waals surface area (Å²) < 4.78 is 5.42. The van der Waals surface area contributed by atoms with Crippen molar-refractivity contribution < 1.29 is 19.1 Å². The first-order valence-electron chi connectivity index (χ1n) is 13.9. The second-order valence-electron chi connectivity index (χ2n) is 10.8. The monoisotopic (exact) mass is 482 g/mol. The number of para-hydroxylation sites is 1. The van der Waals surface area contributed by atoms with Gasteiger partial charge in [0.25, 0.3) is 5.91 Å². The van der Waals surface area contributed by atoms with Gasteiger partial charge in [0, 0.05) is 19.0 Å². The van der Waals surface area contributed by atoms with Gasteiger partial charge in [-0.05, 0) is 56.6 Å². The summed E-state index contributed by atoms with van der Waals surface area (Å²) in [5.41, 5.74) is 0.375. The molecule has 1 unspecified atom stereocenters. The van der Waals surface area contributed by atoms with Crippen molar-refractivity contribution >= 4 is 17.8 Å². The molecule has 0 aromatic heterocycles. The van der Waals surface area contributed by atoms with Gasteiger partial charge in [0.15, 0.2) is 0 Å². The summed E-state index contributed by atoms with van der Waals surface area (Å²) in [7, 11) is 0. The second kappa shape index (κ2) is 12.5. The second-order valence-corrected chi connectivity index (χ2v) is 10.8. The van der Waals surface area contributed by atoms with Gasteiger partial charge in [-0.15, -0.1) is 0 Å². The SMILES string of the molecule is CC(=O)Oc1ccccc1C(=O)N(C1CCCCC1)C(C(=O)NC1CCCCC1)C1CCCCC1. The molecule has 3 saturated carbocycles. The van der Waals surface area contributed by atoms with Crippen molar-refractivity contribution in [1.29, 1.82) is 0 Å². The largest absolute Gasteiger partial charge is 0.426 e. The molecule has 0 heterocycles. The van der Waals surface area contributed by atoms with E-state index in [4.69, 9.17) is 4.74 Å². The average Bonchev–Trinajstić information content (AvgIpc) is 2.88. The average molecular weight is 483 g/mol. The summed E-state index contributed by atoms with van der Waals surface area (Å²) in [6, 6.07) is 6.74. The summed E-state index contributed by atoms with van der Waals surface area (Å²) in [6.07, 6.45) is 16.1. The predicted molar refractivity (Wildman–Crippen MR) is 136 cm³/mol. The van der Waals surface area contributed by atoms with Crippen molar-refractivity contribution in [2.75, 3.05) is 0 Å². The first kappa shape index (κ1) is 25.7. The molecule has 192 valence electrons. The van der Waals surface area contributed by atoms with Crippen molar-refractivity contribution in [3.05, 3.63) is 29.8 Å². The van der Waals surface area contributed by atoms with Gasteiger partial charge >= 0.3 is 5.97 Å². The molecule has 0 radical (unpaired) electrons. The van der Waals surface area contributed by atoms with E-state index in [0.29, 0.717) is 5.56 Å². The highest BCUT2D eigenvalue weighted by Crippen LogP contribution is 2.35. The Balaban J connectivity index is 1.69. The molecular formula is C29H42N2O4. The zero-order valence-corrected chi connectivity index (χ0v) is 21.3. The number of rotatable bonds is 7. The number of esters is 1. The maximum absolute atomic E-state index is 14.3. The topological polar surface area (TPSA) is 75.7 Å². The third kappa shape index (κ3) is 6.65. The molecule has 0 aliphatic heterocycles. The highest BCUT2D eigenvalue weighted by molar-refractivity contribution is 6.00. The normalized spacial score (nSPS) is 21.2. The van der Waals surface area contributed by atoms with Crippen molar-refractivity contribution in [2.45, 2.75) is 121 Å². The van der Waals surface area contributed by atoms with Crippen LogP contribution in [0.5, 0.6) is 5.75 Å². The van der Waals surface area contributed by atoms with Crippen molar-refractivity contribution in [3.8, 4) is 5.75 Å². The molecule has 4 rings (SSSR count). The Morgan fingerprint density at radius 2 is 1.40 bits per heavy atom. The van der Waals surface area contributed by atoms with Gasteiger partial charge in [-0.25, -0.2) is 0 Å². The number of carbonyl (C=O) groups excluding carboxylic acids is 3. The maximum atomic E-state index is 14.3. The van der Waals surface area contributed by atoms with E-state index < -0.39 is 12.0 Å². The Morgan fingerprint density at radius 1 is 0.829 bits per heavy atom. The van der Waals surface area contributed by atoms with Gasteiger partial charge in [0.2, 0.25) is 5.91 Å². The molecule has 1 aromatic rings. The molecule has 0 bridgehead atoms. The summed E-state index contributed by atoms with van der Waals surface area (Å²) in [5, 5.41) is 3.37. The summed E-state index contributed by atoms with van der Waals surface area (Å²) in [5.74, 6) is -0.163. The molecule has 0 saturated heterocycles. The van der Waals surface area contributed by atoms with Crippen LogP contribution in [0.2, 0.25) is 0 Å². The van der Waals surface area contributed by atoms with Crippen LogP contribution in [-0.4, -0.2) is 40.8 Å². The molecule has 1 N–H and O–H groups in total. The zero-order chi connectivity index (χ0) is 24.6. The smallest absolute Gasteiger partial charge is 0.308 e. The molecule has 3 fully saturated rings. The molecule has 35 heavy (non-hydrogen) atoms. The molecule has 1 atom stereocenters. The summed E-state index contributed by atoms with van der Waals surface area (Å²) in [4.78, 5) is 42.0. The number of hydrogen-bond acceptors (Lipinski definition) is 4. The lowest BCUT2D eigenvalue weighted by molar-refractivity contribution is -0.132. The van der Waals surface area contributed by atoms with E-state index in [2.05, 4.69) is 5.32 Å². The fourth-order valence-corrected chi connectivity index (χ4v) is 6.46. The van der Waals surface area contributed by atoms with E-state index >= 15 is 0 Å². The van der Waals surface area contributed by atoms with Crippen LogP contribution in [0.3, 0.4) is 0 Å². The van der Waals surface area contributed by atoms with Gasteiger partial charge < -0.3 is 15.0 Å². The number of nitrogens with zero attached hydrogens (tertiary/aromatic N) is 1. The lowest BCUT2D eigenvalue weighted by atomic mass is 9.80. The van der Waals surface area contributed by atoms with Gasteiger partial charge in [-0.3, -0.25) is 14.4 Å². The maximum Gasteiger partial charge on any atom is 0.308 e. The minimum Gasteiger partial charge on any atom is -0.426 e. The Labute approximate surface area is 210 Å². The van der Waals surface area contributed by atoms with Gasteiger partial charge in [-0.2, -0.15) is 0 Å². The number of amides is 2.